The van der Waals surface area contributed by atoms with E-state index >= 15 is 0 Å². The van der Waals surface area contributed by atoms with Crippen molar-refractivity contribution >= 4 is 44.5 Å². The number of halogens is 1. The molecule has 0 unspecified atom stereocenters. The fourth-order valence-corrected chi connectivity index (χ4v) is 2.98. The summed E-state index contributed by atoms with van der Waals surface area (Å²) in [6, 6.07) is 9.77. The molecular weight excluding hydrogens is 338 g/mol. The predicted molar refractivity (Wildman–Crippen MR) is 86.4 cm³/mol. The molecule has 0 aliphatic heterocycles. The van der Waals surface area contributed by atoms with Crippen molar-refractivity contribution in [3.63, 3.8) is 0 Å². The number of aryl methyl sites for hydroxylation is 1. The van der Waals surface area contributed by atoms with Crippen molar-refractivity contribution in [3.8, 4) is 0 Å². The highest BCUT2D eigenvalue weighted by Gasteiger charge is 2.13. The van der Waals surface area contributed by atoms with Crippen LogP contribution in [0.15, 0.2) is 39.8 Å². The molecule has 0 saturated carbocycles. The SMILES string of the molecule is CCOC(=O)c1sc(N=Cc2cccc(Br)c2)cc1C. The molecule has 1 heterocycles. The number of carbonyl (C=O) groups is 1. The molecule has 3 nitrogen and oxygen atoms in total. The summed E-state index contributed by atoms with van der Waals surface area (Å²) in [6.07, 6.45) is 1.78. The van der Waals surface area contributed by atoms with Crippen LogP contribution < -0.4 is 0 Å². The third kappa shape index (κ3) is 3.77. The normalized spacial score (nSPS) is 10.9. The van der Waals surface area contributed by atoms with E-state index in [1.165, 1.54) is 11.3 Å². The molecule has 20 heavy (non-hydrogen) atoms. The van der Waals surface area contributed by atoms with Gasteiger partial charge in [0, 0.05) is 10.7 Å². The molecule has 0 saturated heterocycles. The third-order valence-electron chi connectivity index (χ3n) is 2.56. The quantitative estimate of drug-likeness (QED) is 0.589. The molecule has 0 atom stereocenters. The van der Waals surface area contributed by atoms with Crippen molar-refractivity contribution in [1.29, 1.82) is 0 Å². The highest BCUT2D eigenvalue weighted by molar-refractivity contribution is 9.10. The van der Waals surface area contributed by atoms with Gasteiger partial charge in [-0.05, 0) is 43.2 Å². The van der Waals surface area contributed by atoms with E-state index in [-0.39, 0.29) is 5.97 Å². The Kier molecular flexibility index (Phi) is 5.09. The van der Waals surface area contributed by atoms with Gasteiger partial charge in [0.2, 0.25) is 0 Å². The molecule has 0 bridgehead atoms. The highest BCUT2D eigenvalue weighted by atomic mass is 79.9. The van der Waals surface area contributed by atoms with Gasteiger partial charge in [0.15, 0.2) is 0 Å². The van der Waals surface area contributed by atoms with E-state index in [9.17, 15) is 4.79 Å². The van der Waals surface area contributed by atoms with Crippen LogP contribution in [0.3, 0.4) is 0 Å². The van der Waals surface area contributed by atoms with Gasteiger partial charge in [-0.15, -0.1) is 11.3 Å². The van der Waals surface area contributed by atoms with Gasteiger partial charge < -0.3 is 4.74 Å². The first kappa shape index (κ1) is 14.9. The number of carbonyl (C=O) groups excluding carboxylic acids is 1. The number of ether oxygens (including phenoxy) is 1. The van der Waals surface area contributed by atoms with Crippen LogP contribution in [0.1, 0.15) is 27.7 Å². The zero-order chi connectivity index (χ0) is 14.5. The molecule has 5 heteroatoms. The van der Waals surface area contributed by atoms with Crippen molar-refractivity contribution < 1.29 is 9.53 Å². The van der Waals surface area contributed by atoms with Crippen molar-refractivity contribution in [3.05, 3.63) is 50.8 Å². The summed E-state index contributed by atoms with van der Waals surface area (Å²) in [6.45, 7) is 4.07. The fraction of sp³-hybridized carbons (Fsp3) is 0.200. The topological polar surface area (TPSA) is 38.7 Å². The summed E-state index contributed by atoms with van der Waals surface area (Å²) >= 11 is 4.77. The lowest BCUT2D eigenvalue weighted by Crippen LogP contribution is -2.03. The number of hydrogen-bond acceptors (Lipinski definition) is 4. The average molecular weight is 352 g/mol. The summed E-state index contributed by atoms with van der Waals surface area (Å²) in [5.41, 5.74) is 1.90. The Morgan fingerprint density at radius 3 is 2.95 bits per heavy atom. The molecule has 2 rings (SSSR count). The minimum absolute atomic E-state index is 0.279. The lowest BCUT2D eigenvalue weighted by molar-refractivity contribution is 0.0531. The van der Waals surface area contributed by atoms with E-state index in [1.807, 2.05) is 37.3 Å². The van der Waals surface area contributed by atoms with Crippen LogP contribution in [-0.4, -0.2) is 18.8 Å². The molecule has 0 radical (unpaired) electrons. The lowest BCUT2D eigenvalue weighted by Gasteiger charge is -1.98. The van der Waals surface area contributed by atoms with E-state index < -0.39 is 0 Å². The van der Waals surface area contributed by atoms with Crippen molar-refractivity contribution in [2.24, 2.45) is 4.99 Å². The van der Waals surface area contributed by atoms with Crippen LogP contribution in [-0.2, 0) is 4.74 Å². The molecule has 0 aliphatic rings. The zero-order valence-corrected chi connectivity index (χ0v) is 13.6. The van der Waals surface area contributed by atoms with Gasteiger partial charge in [-0.3, -0.25) is 0 Å². The molecule has 2 aromatic rings. The lowest BCUT2D eigenvalue weighted by atomic mass is 10.2. The molecule has 0 aliphatic carbocycles. The van der Waals surface area contributed by atoms with Crippen molar-refractivity contribution in [2.45, 2.75) is 13.8 Å². The molecular formula is C15H14BrNO2S. The Bertz CT molecular complexity index is 649. The molecule has 1 aromatic heterocycles. The van der Waals surface area contributed by atoms with Crippen LogP contribution in [0, 0.1) is 6.92 Å². The zero-order valence-electron chi connectivity index (χ0n) is 11.2. The molecule has 1 aromatic carbocycles. The maximum Gasteiger partial charge on any atom is 0.348 e. The van der Waals surface area contributed by atoms with E-state index in [1.54, 1.807) is 13.1 Å². The van der Waals surface area contributed by atoms with Gasteiger partial charge in [0.1, 0.15) is 9.88 Å². The minimum atomic E-state index is -0.279. The van der Waals surface area contributed by atoms with Crippen LogP contribution in [0.4, 0.5) is 5.00 Å². The van der Waals surface area contributed by atoms with E-state index in [0.29, 0.717) is 11.5 Å². The predicted octanol–water partition coefficient (Wildman–Crippen LogP) is 4.75. The molecule has 0 fully saturated rings. The largest absolute Gasteiger partial charge is 0.462 e. The smallest absolute Gasteiger partial charge is 0.348 e. The van der Waals surface area contributed by atoms with Crippen molar-refractivity contribution in [1.82, 2.24) is 0 Å². The summed E-state index contributed by atoms with van der Waals surface area (Å²) in [5.74, 6) is -0.279. The maximum atomic E-state index is 11.7. The van der Waals surface area contributed by atoms with Crippen LogP contribution in [0.2, 0.25) is 0 Å². The second-order valence-electron chi connectivity index (χ2n) is 4.13. The minimum Gasteiger partial charge on any atom is -0.462 e. The van der Waals surface area contributed by atoms with Crippen LogP contribution >= 0.6 is 27.3 Å². The maximum absolute atomic E-state index is 11.7. The Balaban J connectivity index is 2.18. The number of esters is 1. The Morgan fingerprint density at radius 2 is 2.25 bits per heavy atom. The van der Waals surface area contributed by atoms with Crippen LogP contribution in [0.25, 0.3) is 0 Å². The fourth-order valence-electron chi connectivity index (χ4n) is 1.65. The standard InChI is InChI=1S/C15H14BrNO2S/c1-3-19-15(18)14-10(2)7-13(20-14)17-9-11-5-4-6-12(16)8-11/h4-9H,3H2,1-2H3. The summed E-state index contributed by atoms with van der Waals surface area (Å²) < 4.78 is 6.02. The number of aliphatic imine (C=N–C) groups is 1. The number of benzene rings is 1. The van der Waals surface area contributed by atoms with Gasteiger partial charge >= 0.3 is 5.97 Å². The molecule has 0 amide bonds. The van der Waals surface area contributed by atoms with Gasteiger partial charge in [-0.1, -0.05) is 28.1 Å². The van der Waals surface area contributed by atoms with E-state index in [0.717, 1.165) is 20.6 Å². The Morgan fingerprint density at radius 1 is 1.45 bits per heavy atom. The molecule has 104 valence electrons. The second-order valence-corrected chi connectivity index (χ2v) is 6.08. The number of nitrogens with zero attached hydrogens (tertiary/aromatic N) is 1. The van der Waals surface area contributed by atoms with E-state index in [4.69, 9.17) is 4.74 Å². The second kappa shape index (κ2) is 6.81. The summed E-state index contributed by atoms with van der Waals surface area (Å²) in [7, 11) is 0. The van der Waals surface area contributed by atoms with Crippen LogP contribution in [0.5, 0.6) is 0 Å². The van der Waals surface area contributed by atoms with Gasteiger partial charge in [0.05, 0.1) is 6.61 Å². The molecule has 0 spiro atoms. The van der Waals surface area contributed by atoms with Gasteiger partial charge in [-0.2, -0.15) is 0 Å². The summed E-state index contributed by atoms with van der Waals surface area (Å²) in [5, 5.41) is 0.797. The van der Waals surface area contributed by atoms with Crippen molar-refractivity contribution in [2.75, 3.05) is 6.61 Å². The first-order valence-corrected chi connectivity index (χ1v) is 7.78. The van der Waals surface area contributed by atoms with Gasteiger partial charge in [-0.25, -0.2) is 9.79 Å². The molecule has 0 N–H and O–H groups in total. The first-order valence-electron chi connectivity index (χ1n) is 6.17. The highest BCUT2D eigenvalue weighted by Crippen LogP contribution is 2.29. The van der Waals surface area contributed by atoms with E-state index in [2.05, 4.69) is 20.9 Å². The first-order chi connectivity index (χ1) is 9.60. The number of thiophene rings is 1. The Hall–Kier alpha value is -1.46. The van der Waals surface area contributed by atoms with Gasteiger partial charge in [0.25, 0.3) is 0 Å². The monoisotopic (exact) mass is 351 g/mol. The Labute approximate surface area is 130 Å². The third-order valence-corrected chi connectivity index (χ3v) is 4.17. The summed E-state index contributed by atoms with van der Waals surface area (Å²) in [4.78, 5) is 16.8. The number of hydrogen-bond donors (Lipinski definition) is 0. The number of rotatable bonds is 4. The average Bonchev–Trinajstić information content (AvgIpc) is 2.78.